The molecule has 2 unspecified atom stereocenters. The van der Waals surface area contributed by atoms with Crippen LogP contribution in [-0.4, -0.2) is 30.4 Å². The van der Waals surface area contributed by atoms with Crippen LogP contribution in [0.15, 0.2) is 48.5 Å². The standard InChI is InChI=1S/C23H23N3O3/c27-20(10-9-19-22(28)26-23(29)25-19)24-12-13-11-18-14-5-1-3-7-16(14)21(13)17-8-4-2-6-15(17)18/h1-8,13,18-19,21H,9-12H2,(H,24,27)(H2,25,26,28,29). The van der Waals surface area contributed by atoms with E-state index in [-0.39, 0.29) is 18.2 Å². The topological polar surface area (TPSA) is 87.3 Å². The number of fused-ring (bicyclic) bond motifs is 1. The molecule has 29 heavy (non-hydrogen) atoms. The van der Waals surface area contributed by atoms with Crippen molar-refractivity contribution in [1.29, 1.82) is 0 Å². The van der Waals surface area contributed by atoms with E-state index in [1.54, 1.807) is 0 Å². The van der Waals surface area contributed by atoms with Crippen LogP contribution in [0.25, 0.3) is 0 Å². The number of hydrogen-bond donors (Lipinski definition) is 3. The molecule has 2 aromatic rings. The minimum atomic E-state index is -0.613. The lowest BCUT2D eigenvalue weighted by Gasteiger charge is -2.45. The smallest absolute Gasteiger partial charge is 0.322 e. The van der Waals surface area contributed by atoms with Gasteiger partial charge in [-0.2, -0.15) is 0 Å². The number of hydrogen-bond acceptors (Lipinski definition) is 3. The molecule has 148 valence electrons. The van der Waals surface area contributed by atoms with E-state index in [4.69, 9.17) is 0 Å². The number of amides is 4. The summed E-state index contributed by atoms with van der Waals surface area (Å²) in [5, 5.41) is 7.79. The highest BCUT2D eigenvalue weighted by atomic mass is 16.2. The van der Waals surface area contributed by atoms with E-state index in [0.29, 0.717) is 30.7 Å². The maximum Gasteiger partial charge on any atom is 0.322 e. The molecule has 0 spiro atoms. The third kappa shape index (κ3) is 3.09. The number of nitrogens with one attached hydrogen (secondary N) is 3. The van der Waals surface area contributed by atoms with E-state index in [2.05, 4.69) is 64.5 Å². The first kappa shape index (κ1) is 17.9. The maximum atomic E-state index is 12.4. The lowest BCUT2D eigenvalue weighted by Crippen LogP contribution is -2.39. The van der Waals surface area contributed by atoms with E-state index >= 15 is 0 Å². The van der Waals surface area contributed by atoms with Crippen LogP contribution in [0.2, 0.25) is 0 Å². The van der Waals surface area contributed by atoms with Gasteiger partial charge in [0.2, 0.25) is 5.91 Å². The van der Waals surface area contributed by atoms with Crippen molar-refractivity contribution in [2.75, 3.05) is 6.54 Å². The summed E-state index contributed by atoms with van der Waals surface area (Å²) >= 11 is 0. The predicted molar refractivity (Wildman–Crippen MR) is 107 cm³/mol. The second kappa shape index (κ2) is 7.03. The van der Waals surface area contributed by atoms with Crippen LogP contribution in [-0.2, 0) is 9.59 Å². The van der Waals surface area contributed by atoms with Gasteiger partial charge in [-0.3, -0.25) is 14.9 Å². The number of urea groups is 1. The van der Waals surface area contributed by atoms with Gasteiger partial charge in [-0.1, -0.05) is 48.5 Å². The van der Waals surface area contributed by atoms with Gasteiger partial charge in [-0.15, -0.1) is 0 Å². The first-order valence-corrected chi connectivity index (χ1v) is 10.2. The lowest BCUT2D eigenvalue weighted by molar-refractivity contribution is -0.122. The fraction of sp³-hybridized carbons (Fsp3) is 0.348. The molecule has 6 rings (SSSR count). The second-order valence-corrected chi connectivity index (χ2v) is 8.14. The summed E-state index contributed by atoms with van der Waals surface area (Å²) in [6, 6.07) is 16.2. The van der Waals surface area contributed by atoms with Crippen LogP contribution in [0.4, 0.5) is 4.79 Å². The Hall–Kier alpha value is -3.15. The SMILES string of the molecule is O=C(CCC1NC(=O)NC1=O)NCC1CC2c3ccccc3C1c1ccccc12. The molecule has 0 aromatic heterocycles. The van der Waals surface area contributed by atoms with E-state index in [9.17, 15) is 14.4 Å². The average molecular weight is 389 g/mol. The normalized spacial score (nSPS) is 26.3. The van der Waals surface area contributed by atoms with Crippen molar-refractivity contribution in [2.24, 2.45) is 5.92 Å². The first-order valence-electron chi connectivity index (χ1n) is 10.2. The van der Waals surface area contributed by atoms with Gasteiger partial charge in [0.25, 0.3) is 5.91 Å². The zero-order valence-electron chi connectivity index (χ0n) is 16.0. The molecule has 2 bridgehead atoms. The van der Waals surface area contributed by atoms with Gasteiger partial charge < -0.3 is 10.6 Å². The van der Waals surface area contributed by atoms with Crippen LogP contribution >= 0.6 is 0 Å². The molecule has 2 atom stereocenters. The molecule has 1 saturated heterocycles. The van der Waals surface area contributed by atoms with Gasteiger partial charge in [-0.25, -0.2) is 4.79 Å². The molecule has 1 fully saturated rings. The molecule has 1 heterocycles. The molecule has 3 N–H and O–H groups in total. The molecular formula is C23H23N3O3. The fourth-order valence-electron chi connectivity index (χ4n) is 5.23. The Balaban J connectivity index is 1.26. The van der Waals surface area contributed by atoms with Gasteiger partial charge in [0.15, 0.2) is 0 Å². The van der Waals surface area contributed by atoms with Crippen molar-refractivity contribution >= 4 is 17.8 Å². The van der Waals surface area contributed by atoms with Crippen LogP contribution < -0.4 is 16.0 Å². The molecule has 0 saturated carbocycles. The quantitative estimate of drug-likeness (QED) is 0.686. The summed E-state index contributed by atoms with van der Waals surface area (Å²) in [6.07, 6.45) is 1.55. The highest BCUT2D eigenvalue weighted by Crippen LogP contribution is 2.55. The van der Waals surface area contributed by atoms with Gasteiger partial charge in [0.05, 0.1) is 0 Å². The van der Waals surface area contributed by atoms with Crippen molar-refractivity contribution in [3.8, 4) is 0 Å². The van der Waals surface area contributed by atoms with Crippen molar-refractivity contribution in [3.63, 3.8) is 0 Å². The van der Waals surface area contributed by atoms with E-state index in [1.165, 1.54) is 22.3 Å². The number of carbonyl (C=O) groups excluding carboxylic acids is 3. The van der Waals surface area contributed by atoms with E-state index in [0.717, 1.165) is 6.42 Å². The summed E-state index contributed by atoms with van der Waals surface area (Å²) < 4.78 is 0. The third-order valence-corrected chi connectivity index (χ3v) is 6.50. The Labute approximate surface area is 169 Å². The molecule has 4 aliphatic rings. The van der Waals surface area contributed by atoms with Crippen LogP contribution in [0.5, 0.6) is 0 Å². The minimum Gasteiger partial charge on any atom is -0.356 e. The first-order chi connectivity index (χ1) is 14.1. The Bertz CT molecular complexity index is 955. The summed E-state index contributed by atoms with van der Waals surface area (Å²) in [5.74, 6) is 0.588. The van der Waals surface area contributed by atoms with Gasteiger partial charge in [0, 0.05) is 24.8 Å². The zero-order chi connectivity index (χ0) is 20.0. The molecule has 1 aliphatic heterocycles. The molecule has 6 nitrogen and oxygen atoms in total. The average Bonchev–Trinajstić information content (AvgIpc) is 3.07. The fourth-order valence-corrected chi connectivity index (χ4v) is 5.23. The molecule has 0 radical (unpaired) electrons. The van der Waals surface area contributed by atoms with Crippen molar-refractivity contribution in [1.82, 2.24) is 16.0 Å². The van der Waals surface area contributed by atoms with Crippen LogP contribution in [0.3, 0.4) is 0 Å². The Kier molecular flexibility index (Phi) is 4.34. The van der Waals surface area contributed by atoms with Crippen molar-refractivity contribution < 1.29 is 14.4 Å². The predicted octanol–water partition coefficient (Wildman–Crippen LogP) is 2.39. The van der Waals surface area contributed by atoms with Crippen molar-refractivity contribution in [3.05, 3.63) is 70.8 Å². The van der Waals surface area contributed by atoms with Gasteiger partial charge in [0.1, 0.15) is 6.04 Å². The van der Waals surface area contributed by atoms with Crippen LogP contribution in [0.1, 0.15) is 53.4 Å². The van der Waals surface area contributed by atoms with E-state index in [1.807, 2.05) is 0 Å². The largest absolute Gasteiger partial charge is 0.356 e. The monoisotopic (exact) mass is 389 g/mol. The molecule has 2 aromatic carbocycles. The van der Waals surface area contributed by atoms with Crippen molar-refractivity contribution in [2.45, 2.75) is 37.1 Å². The summed E-state index contributed by atoms with van der Waals surface area (Å²) in [5.41, 5.74) is 5.60. The summed E-state index contributed by atoms with van der Waals surface area (Å²) in [7, 11) is 0. The number of carbonyl (C=O) groups is 3. The molecular weight excluding hydrogens is 366 g/mol. The highest BCUT2D eigenvalue weighted by molar-refractivity contribution is 6.04. The number of imide groups is 1. The third-order valence-electron chi connectivity index (χ3n) is 6.50. The summed E-state index contributed by atoms with van der Waals surface area (Å²) in [4.78, 5) is 35.1. The Morgan fingerprint density at radius 1 is 0.966 bits per heavy atom. The van der Waals surface area contributed by atoms with Gasteiger partial charge in [-0.05, 0) is 41.0 Å². The molecule has 4 amide bonds. The minimum absolute atomic E-state index is 0.0815. The van der Waals surface area contributed by atoms with E-state index < -0.39 is 12.1 Å². The zero-order valence-corrected chi connectivity index (χ0v) is 16.0. The lowest BCUT2D eigenvalue weighted by atomic mass is 9.59. The number of rotatable bonds is 5. The van der Waals surface area contributed by atoms with Gasteiger partial charge >= 0.3 is 6.03 Å². The molecule has 6 heteroatoms. The maximum absolute atomic E-state index is 12.4. The second-order valence-electron chi connectivity index (χ2n) is 8.14. The number of benzene rings is 2. The van der Waals surface area contributed by atoms with Crippen LogP contribution in [0, 0.1) is 5.92 Å². The Morgan fingerprint density at radius 2 is 1.59 bits per heavy atom. The highest BCUT2D eigenvalue weighted by Gasteiger charge is 2.42. The molecule has 3 aliphatic carbocycles. The summed E-state index contributed by atoms with van der Waals surface area (Å²) in [6.45, 7) is 0.617. The Morgan fingerprint density at radius 3 is 2.17 bits per heavy atom.